The Balaban J connectivity index is 5.03. The molecule has 0 rings (SSSR count). The highest BCUT2D eigenvalue weighted by Crippen LogP contribution is 2.54. The number of hydrogen-bond donors (Lipinski definition) is 2. The second-order valence-electron chi connectivity index (χ2n) is 6.51. The molecule has 2 N–H and O–H groups in total. The zero-order chi connectivity index (χ0) is 24.0. The van der Waals surface area contributed by atoms with Crippen molar-refractivity contribution in [1.29, 1.82) is 0 Å². The van der Waals surface area contributed by atoms with Crippen LogP contribution in [0.3, 0.4) is 0 Å². The van der Waals surface area contributed by atoms with Crippen LogP contribution in [-0.2, 0) is 9.59 Å². The number of carboxylic acid groups (broad SMARTS) is 1. The zero-order valence-corrected chi connectivity index (χ0v) is 16.7. The Morgan fingerprint density at radius 3 is 1.97 bits per heavy atom. The van der Waals surface area contributed by atoms with Crippen molar-refractivity contribution in [2.45, 2.75) is 48.5 Å². The Morgan fingerprint density at radius 2 is 1.53 bits per heavy atom. The van der Waals surface area contributed by atoms with E-state index in [2.05, 4.69) is 5.32 Å². The molecule has 0 aromatic rings. The van der Waals surface area contributed by atoms with Crippen molar-refractivity contribution in [3.05, 3.63) is 0 Å². The highest BCUT2D eigenvalue weighted by molar-refractivity contribution is 8.00. The first kappa shape index (κ1) is 28.6. The predicted octanol–water partition coefficient (Wildman–Crippen LogP) is 3.49. The lowest BCUT2D eigenvalue weighted by atomic mass is 10.0. The van der Waals surface area contributed by atoms with E-state index in [1.165, 1.54) is 0 Å². The molecule has 0 heterocycles. The second kappa shape index (κ2) is 10.8. The van der Waals surface area contributed by atoms with Crippen LogP contribution in [0, 0.1) is 0 Å². The Kier molecular flexibility index (Phi) is 10.3. The first-order valence-corrected chi connectivity index (χ1v) is 9.37. The zero-order valence-electron chi connectivity index (χ0n) is 15.8. The molecule has 0 saturated carbocycles. The van der Waals surface area contributed by atoms with Gasteiger partial charge >= 0.3 is 29.9 Å². The van der Waals surface area contributed by atoms with Gasteiger partial charge in [0, 0.05) is 18.7 Å². The standard InChI is InChI=1S/C15H21F9N2O3S/c1-26(2)6-3-5-25-11(29)9(8-10(27)28)30-7-4-12(16,17)13(18,19)14(20,21)15(22,23)24/h9H,3-8H2,1-2H3,(H,25,29)(H,27,28). The van der Waals surface area contributed by atoms with Gasteiger partial charge in [-0.15, -0.1) is 11.8 Å². The van der Waals surface area contributed by atoms with Crippen LogP contribution < -0.4 is 5.32 Å². The summed E-state index contributed by atoms with van der Waals surface area (Å²) in [7, 11) is 3.48. The molecule has 178 valence electrons. The van der Waals surface area contributed by atoms with Crippen molar-refractivity contribution < 1.29 is 54.2 Å². The molecule has 0 aromatic heterocycles. The fourth-order valence-electron chi connectivity index (χ4n) is 2.00. The first-order valence-electron chi connectivity index (χ1n) is 8.33. The van der Waals surface area contributed by atoms with E-state index in [1.54, 1.807) is 19.0 Å². The minimum Gasteiger partial charge on any atom is -0.481 e. The third-order valence-electron chi connectivity index (χ3n) is 3.68. The summed E-state index contributed by atoms with van der Waals surface area (Å²) in [5, 5.41) is 9.55. The Labute approximate surface area is 170 Å². The Bertz CT molecular complexity index is 586. The van der Waals surface area contributed by atoms with Crippen molar-refractivity contribution in [1.82, 2.24) is 10.2 Å². The number of rotatable bonds is 13. The maximum atomic E-state index is 13.5. The topological polar surface area (TPSA) is 69.6 Å². The molecule has 0 aromatic carbocycles. The highest BCUT2D eigenvalue weighted by Gasteiger charge is 2.81. The molecule has 0 spiro atoms. The monoisotopic (exact) mass is 480 g/mol. The molecule has 1 atom stereocenters. The lowest BCUT2D eigenvalue weighted by Gasteiger charge is -2.33. The van der Waals surface area contributed by atoms with Crippen LogP contribution in [0.25, 0.3) is 0 Å². The molecule has 0 aliphatic heterocycles. The van der Waals surface area contributed by atoms with E-state index >= 15 is 0 Å². The van der Waals surface area contributed by atoms with Gasteiger partial charge in [0.2, 0.25) is 5.91 Å². The molecule has 0 saturated heterocycles. The Hall–Kier alpha value is -1.38. The minimum absolute atomic E-state index is 0.0831. The second-order valence-corrected chi connectivity index (χ2v) is 7.82. The first-order chi connectivity index (χ1) is 13.4. The van der Waals surface area contributed by atoms with Crippen LogP contribution in [0.5, 0.6) is 0 Å². The number of halogens is 9. The largest absolute Gasteiger partial charge is 0.481 e. The fraction of sp³-hybridized carbons (Fsp3) is 0.867. The van der Waals surface area contributed by atoms with Crippen LogP contribution in [-0.4, -0.2) is 84.0 Å². The fourth-order valence-corrected chi connectivity index (χ4v) is 3.15. The summed E-state index contributed by atoms with van der Waals surface area (Å²) in [4.78, 5) is 24.5. The minimum atomic E-state index is -6.99. The van der Waals surface area contributed by atoms with E-state index in [0.717, 1.165) is 0 Å². The molecule has 5 nitrogen and oxygen atoms in total. The van der Waals surface area contributed by atoms with Gasteiger partial charge in [-0.1, -0.05) is 0 Å². The van der Waals surface area contributed by atoms with Gasteiger partial charge in [-0.05, 0) is 27.1 Å². The van der Waals surface area contributed by atoms with E-state index in [9.17, 15) is 49.1 Å². The number of alkyl halides is 9. The summed E-state index contributed by atoms with van der Waals surface area (Å²) in [6.07, 6.45) is -9.50. The normalized spacial score (nSPS) is 14.7. The molecule has 1 amide bonds. The molecule has 0 fully saturated rings. The molecule has 0 aliphatic rings. The van der Waals surface area contributed by atoms with Crippen molar-refractivity contribution in [3.63, 3.8) is 0 Å². The van der Waals surface area contributed by atoms with Gasteiger partial charge in [0.15, 0.2) is 0 Å². The van der Waals surface area contributed by atoms with Crippen molar-refractivity contribution in [3.8, 4) is 0 Å². The summed E-state index contributed by atoms with van der Waals surface area (Å²) in [5.41, 5.74) is 0. The number of hydrogen-bond acceptors (Lipinski definition) is 4. The maximum absolute atomic E-state index is 13.5. The number of thioether (sulfide) groups is 1. The SMILES string of the molecule is CN(C)CCCNC(=O)C(CC(=O)O)SCCC(F)(F)C(F)(F)C(F)(F)C(F)(F)F. The van der Waals surface area contributed by atoms with Crippen LogP contribution in [0.1, 0.15) is 19.3 Å². The van der Waals surface area contributed by atoms with Crippen LogP contribution in [0.2, 0.25) is 0 Å². The molecular weight excluding hydrogens is 459 g/mol. The van der Waals surface area contributed by atoms with E-state index in [1.807, 2.05) is 0 Å². The summed E-state index contributed by atoms with van der Waals surface area (Å²) in [6.45, 7) is 0.630. The molecule has 0 bridgehead atoms. The Morgan fingerprint density at radius 1 is 1.00 bits per heavy atom. The molecule has 30 heavy (non-hydrogen) atoms. The van der Waals surface area contributed by atoms with E-state index < -0.39 is 59.7 Å². The van der Waals surface area contributed by atoms with Gasteiger partial charge < -0.3 is 15.3 Å². The van der Waals surface area contributed by atoms with Gasteiger partial charge in [-0.25, -0.2) is 0 Å². The number of carbonyl (C=O) groups excluding carboxylic acids is 1. The van der Waals surface area contributed by atoms with Crippen LogP contribution in [0.4, 0.5) is 39.5 Å². The number of nitrogens with zero attached hydrogens (tertiary/aromatic N) is 1. The molecule has 0 radical (unpaired) electrons. The van der Waals surface area contributed by atoms with Gasteiger partial charge in [0.05, 0.1) is 11.7 Å². The van der Waals surface area contributed by atoms with Crippen molar-refractivity contribution in [2.75, 3.05) is 32.9 Å². The van der Waals surface area contributed by atoms with E-state index in [4.69, 9.17) is 5.11 Å². The number of amides is 1. The van der Waals surface area contributed by atoms with Crippen LogP contribution in [0.15, 0.2) is 0 Å². The average molecular weight is 480 g/mol. The van der Waals surface area contributed by atoms with Gasteiger partial charge in [0.1, 0.15) is 0 Å². The summed E-state index contributed by atoms with van der Waals surface area (Å²) >= 11 is 0.141. The van der Waals surface area contributed by atoms with Gasteiger partial charge in [-0.3, -0.25) is 9.59 Å². The lowest BCUT2D eigenvalue weighted by Crippen LogP contribution is -2.61. The predicted molar refractivity (Wildman–Crippen MR) is 90.2 cm³/mol. The number of nitrogens with one attached hydrogen (secondary N) is 1. The molecule has 0 aliphatic carbocycles. The molecule has 1 unspecified atom stereocenters. The third kappa shape index (κ3) is 7.71. The van der Waals surface area contributed by atoms with Gasteiger partial charge in [-0.2, -0.15) is 39.5 Å². The number of carbonyl (C=O) groups is 2. The maximum Gasteiger partial charge on any atom is 0.460 e. The lowest BCUT2D eigenvalue weighted by molar-refractivity contribution is -0.396. The highest BCUT2D eigenvalue weighted by atomic mass is 32.2. The van der Waals surface area contributed by atoms with Gasteiger partial charge in [0.25, 0.3) is 0 Å². The third-order valence-corrected chi connectivity index (χ3v) is 4.90. The molecule has 15 heteroatoms. The van der Waals surface area contributed by atoms with E-state index in [0.29, 0.717) is 13.0 Å². The van der Waals surface area contributed by atoms with Crippen molar-refractivity contribution in [2.24, 2.45) is 0 Å². The number of aliphatic carboxylic acids is 1. The summed E-state index contributed by atoms with van der Waals surface area (Å²) in [6, 6.07) is 0. The van der Waals surface area contributed by atoms with Crippen LogP contribution >= 0.6 is 11.8 Å². The summed E-state index contributed by atoms with van der Waals surface area (Å²) in [5.74, 6) is -23.1. The van der Waals surface area contributed by atoms with Crippen molar-refractivity contribution >= 4 is 23.6 Å². The van der Waals surface area contributed by atoms with E-state index in [-0.39, 0.29) is 18.3 Å². The smallest absolute Gasteiger partial charge is 0.460 e. The quantitative estimate of drug-likeness (QED) is 0.312. The number of carboxylic acids is 1. The summed E-state index contributed by atoms with van der Waals surface area (Å²) < 4.78 is 115. The average Bonchev–Trinajstić information content (AvgIpc) is 2.55. The molecular formula is C15H21F9N2O3S.